The molecular formula is C15H17Cl2N3O2S2. The third-order valence-corrected chi connectivity index (χ3v) is 8.01. The maximum atomic E-state index is 13.1. The summed E-state index contributed by atoms with van der Waals surface area (Å²) in [7, 11) is -3.69. The van der Waals surface area contributed by atoms with Crippen LogP contribution in [-0.2, 0) is 10.0 Å². The number of anilines is 1. The molecule has 1 aliphatic heterocycles. The lowest BCUT2D eigenvalue weighted by Gasteiger charge is -2.34. The van der Waals surface area contributed by atoms with Crippen LogP contribution >= 0.6 is 34.5 Å². The Morgan fingerprint density at radius 2 is 1.83 bits per heavy atom. The first-order chi connectivity index (χ1) is 11.3. The van der Waals surface area contributed by atoms with E-state index in [1.54, 1.807) is 37.4 Å². The highest BCUT2D eigenvalue weighted by atomic mass is 35.5. The van der Waals surface area contributed by atoms with Crippen LogP contribution in [0.3, 0.4) is 0 Å². The second-order valence-electron chi connectivity index (χ2n) is 5.65. The Kier molecular flexibility index (Phi) is 5.09. The molecule has 3 rings (SSSR count). The van der Waals surface area contributed by atoms with Crippen LogP contribution in [0, 0.1) is 13.8 Å². The van der Waals surface area contributed by atoms with Gasteiger partial charge in [-0.3, -0.25) is 0 Å². The van der Waals surface area contributed by atoms with Crippen LogP contribution in [0.25, 0.3) is 0 Å². The van der Waals surface area contributed by atoms with Crippen LogP contribution in [0.5, 0.6) is 0 Å². The zero-order valence-corrected chi connectivity index (χ0v) is 16.4. The van der Waals surface area contributed by atoms with Gasteiger partial charge in [0.05, 0.1) is 5.02 Å². The van der Waals surface area contributed by atoms with Crippen LogP contribution in [0.4, 0.5) is 5.13 Å². The van der Waals surface area contributed by atoms with Crippen molar-refractivity contribution in [2.24, 2.45) is 0 Å². The van der Waals surface area contributed by atoms with E-state index in [-0.39, 0.29) is 9.92 Å². The molecular weight excluding hydrogens is 389 g/mol. The molecule has 0 bridgehead atoms. The van der Waals surface area contributed by atoms with E-state index in [0.717, 1.165) is 5.13 Å². The number of hydrogen-bond acceptors (Lipinski definition) is 5. The Bertz CT molecular complexity index is 820. The fourth-order valence-corrected chi connectivity index (χ4v) is 6.03. The summed E-state index contributed by atoms with van der Waals surface area (Å²) < 4.78 is 27.6. The van der Waals surface area contributed by atoms with Crippen LogP contribution in [-0.4, -0.2) is 43.9 Å². The van der Waals surface area contributed by atoms with Gasteiger partial charge in [0.1, 0.15) is 4.90 Å². The fraction of sp³-hybridized carbons (Fsp3) is 0.400. The summed E-state index contributed by atoms with van der Waals surface area (Å²) in [5.74, 6) is 0. The van der Waals surface area contributed by atoms with Crippen molar-refractivity contribution in [1.82, 2.24) is 9.29 Å². The van der Waals surface area contributed by atoms with E-state index in [1.807, 2.05) is 5.38 Å². The molecule has 1 aromatic heterocycles. The van der Waals surface area contributed by atoms with Gasteiger partial charge < -0.3 is 4.90 Å². The van der Waals surface area contributed by atoms with E-state index in [9.17, 15) is 8.42 Å². The van der Waals surface area contributed by atoms with E-state index < -0.39 is 10.0 Å². The molecule has 1 fully saturated rings. The molecule has 0 atom stereocenters. The topological polar surface area (TPSA) is 53.5 Å². The maximum absolute atomic E-state index is 13.1. The highest BCUT2D eigenvalue weighted by Gasteiger charge is 2.33. The zero-order valence-electron chi connectivity index (χ0n) is 13.3. The fourth-order valence-electron chi connectivity index (χ4n) is 2.74. The van der Waals surface area contributed by atoms with Crippen LogP contribution in [0.1, 0.15) is 11.1 Å². The van der Waals surface area contributed by atoms with Crippen LogP contribution in [0.15, 0.2) is 22.5 Å². The lowest BCUT2D eigenvalue weighted by molar-refractivity contribution is 0.384. The average molecular weight is 406 g/mol. The number of thiazole rings is 1. The molecule has 0 saturated carbocycles. The predicted molar refractivity (Wildman–Crippen MR) is 99.0 cm³/mol. The van der Waals surface area contributed by atoms with Gasteiger partial charge in [-0.2, -0.15) is 4.31 Å². The third-order valence-electron chi connectivity index (χ3n) is 4.11. The SMILES string of the molecule is Cc1cc(Cl)c(C)c(S(=O)(=O)N2CCN(c3nccs3)CC2)c1Cl. The first-order valence-corrected chi connectivity index (χ1v) is 10.5. The second kappa shape index (κ2) is 6.80. The number of piperazine rings is 1. The number of sulfonamides is 1. The summed E-state index contributed by atoms with van der Waals surface area (Å²) in [6, 6.07) is 1.69. The molecule has 1 saturated heterocycles. The van der Waals surface area contributed by atoms with Crippen LogP contribution < -0.4 is 4.90 Å². The minimum Gasteiger partial charge on any atom is -0.345 e. The highest BCUT2D eigenvalue weighted by Crippen LogP contribution is 2.35. The molecule has 24 heavy (non-hydrogen) atoms. The quantitative estimate of drug-likeness (QED) is 0.782. The van der Waals surface area contributed by atoms with E-state index >= 15 is 0 Å². The lowest BCUT2D eigenvalue weighted by atomic mass is 10.2. The van der Waals surface area contributed by atoms with Gasteiger partial charge >= 0.3 is 0 Å². The Labute approximate surface area is 155 Å². The van der Waals surface area contributed by atoms with Crippen LogP contribution in [0.2, 0.25) is 10.0 Å². The number of aryl methyl sites for hydroxylation is 1. The van der Waals surface area contributed by atoms with Gasteiger partial charge in [0.2, 0.25) is 10.0 Å². The Balaban J connectivity index is 1.88. The summed E-state index contributed by atoms with van der Waals surface area (Å²) in [5.41, 5.74) is 1.15. The van der Waals surface area contributed by atoms with E-state index in [0.29, 0.717) is 42.3 Å². The van der Waals surface area contributed by atoms with Gasteiger partial charge in [-0.15, -0.1) is 11.3 Å². The first kappa shape index (κ1) is 17.9. The molecule has 0 aliphatic carbocycles. The molecule has 2 heterocycles. The normalized spacial score (nSPS) is 16.6. The summed E-state index contributed by atoms with van der Waals surface area (Å²) in [6.07, 6.45) is 1.75. The van der Waals surface area contributed by atoms with Crippen molar-refractivity contribution >= 4 is 49.7 Å². The number of halogens is 2. The van der Waals surface area contributed by atoms with Gasteiger partial charge in [0.15, 0.2) is 5.13 Å². The molecule has 0 amide bonds. The van der Waals surface area contributed by atoms with E-state index in [1.165, 1.54) is 4.31 Å². The second-order valence-corrected chi connectivity index (χ2v) is 9.18. The van der Waals surface area contributed by atoms with Gasteiger partial charge in [-0.25, -0.2) is 13.4 Å². The van der Waals surface area contributed by atoms with Crippen molar-refractivity contribution in [2.75, 3.05) is 31.1 Å². The average Bonchev–Trinajstić information content (AvgIpc) is 3.07. The Hall–Kier alpha value is -0.860. The largest absolute Gasteiger partial charge is 0.345 e. The number of aromatic nitrogens is 1. The zero-order chi connectivity index (χ0) is 17.5. The summed E-state index contributed by atoms with van der Waals surface area (Å²) >= 11 is 14.0. The predicted octanol–water partition coefficient (Wildman–Crippen LogP) is 3.58. The minimum atomic E-state index is -3.69. The van der Waals surface area contributed by atoms with Gasteiger partial charge in [0, 0.05) is 42.8 Å². The lowest BCUT2D eigenvalue weighted by Crippen LogP contribution is -2.48. The summed E-state index contributed by atoms with van der Waals surface area (Å²) in [6.45, 7) is 5.43. The number of hydrogen-bond donors (Lipinski definition) is 0. The minimum absolute atomic E-state index is 0.122. The molecule has 2 aromatic rings. The van der Waals surface area contributed by atoms with Crippen molar-refractivity contribution in [3.63, 3.8) is 0 Å². The molecule has 0 unspecified atom stereocenters. The smallest absolute Gasteiger partial charge is 0.245 e. The number of rotatable bonds is 3. The van der Waals surface area contributed by atoms with Crippen molar-refractivity contribution in [3.8, 4) is 0 Å². The molecule has 0 radical (unpaired) electrons. The summed E-state index contributed by atoms with van der Waals surface area (Å²) in [4.78, 5) is 6.49. The first-order valence-electron chi connectivity index (χ1n) is 7.42. The van der Waals surface area contributed by atoms with E-state index in [4.69, 9.17) is 23.2 Å². The highest BCUT2D eigenvalue weighted by molar-refractivity contribution is 7.89. The molecule has 1 aliphatic rings. The van der Waals surface area contributed by atoms with Crippen molar-refractivity contribution in [3.05, 3.63) is 38.8 Å². The van der Waals surface area contributed by atoms with E-state index in [2.05, 4.69) is 9.88 Å². The Morgan fingerprint density at radius 1 is 1.17 bits per heavy atom. The molecule has 130 valence electrons. The standard InChI is InChI=1S/C15H17Cl2N3O2S2/c1-10-9-12(16)11(2)14(13(10)17)24(21,22)20-6-4-19(5-7-20)15-18-3-8-23-15/h3,8-9H,4-7H2,1-2H3. The van der Waals surface area contributed by atoms with Gasteiger partial charge in [0.25, 0.3) is 0 Å². The maximum Gasteiger partial charge on any atom is 0.245 e. The van der Waals surface area contributed by atoms with Gasteiger partial charge in [-0.1, -0.05) is 23.2 Å². The van der Waals surface area contributed by atoms with Crippen molar-refractivity contribution < 1.29 is 8.42 Å². The number of nitrogens with zero attached hydrogens (tertiary/aromatic N) is 3. The molecule has 0 N–H and O–H groups in total. The summed E-state index contributed by atoms with van der Waals surface area (Å²) in [5, 5.41) is 3.49. The monoisotopic (exact) mass is 405 g/mol. The molecule has 1 aromatic carbocycles. The van der Waals surface area contributed by atoms with Crippen molar-refractivity contribution in [2.45, 2.75) is 18.7 Å². The molecule has 9 heteroatoms. The Morgan fingerprint density at radius 3 is 2.42 bits per heavy atom. The molecule has 0 spiro atoms. The van der Waals surface area contributed by atoms with Gasteiger partial charge in [-0.05, 0) is 31.0 Å². The number of benzene rings is 1. The molecule has 5 nitrogen and oxygen atoms in total. The van der Waals surface area contributed by atoms with Crippen molar-refractivity contribution in [1.29, 1.82) is 0 Å². The third kappa shape index (κ3) is 3.15.